The van der Waals surface area contributed by atoms with Crippen LogP contribution in [0.2, 0.25) is 5.02 Å². The lowest BCUT2D eigenvalue weighted by atomic mass is 10.1. The average molecular weight is 297 g/mol. The third kappa shape index (κ3) is 4.94. The number of ketones is 1. The monoisotopic (exact) mass is 296 g/mol. The molecule has 0 bridgehead atoms. The minimum Gasteiger partial charge on any atom is -0.348 e. The first-order valence-corrected chi connectivity index (χ1v) is 7.03. The number of Topliss-reactive ketones (excluding diaryl/α,β-unsaturated/α-hetero) is 1. The Morgan fingerprint density at radius 3 is 2.35 bits per heavy atom. The summed E-state index contributed by atoms with van der Waals surface area (Å²) in [4.78, 5) is 27.4. The molecule has 0 atom stereocenters. The first-order chi connectivity index (χ1) is 9.45. The van der Waals surface area contributed by atoms with E-state index in [1.807, 2.05) is 11.8 Å². The molecule has 20 heavy (non-hydrogen) atoms. The van der Waals surface area contributed by atoms with Crippen molar-refractivity contribution in [3.05, 3.63) is 34.9 Å². The van der Waals surface area contributed by atoms with Gasteiger partial charge in [0.2, 0.25) is 5.91 Å². The number of hydrogen-bond donors (Lipinski definition) is 0. The van der Waals surface area contributed by atoms with Crippen LogP contribution >= 0.6 is 11.6 Å². The van der Waals surface area contributed by atoms with E-state index in [9.17, 15) is 9.59 Å². The van der Waals surface area contributed by atoms with Gasteiger partial charge in [-0.2, -0.15) is 0 Å². The Morgan fingerprint density at radius 1 is 1.15 bits per heavy atom. The Bertz CT molecular complexity index is 475. The summed E-state index contributed by atoms with van der Waals surface area (Å²) in [6.45, 7) is 3.18. The molecule has 5 heteroatoms. The van der Waals surface area contributed by atoms with E-state index in [-0.39, 0.29) is 24.8 Å². The number of nitrogens with zero attached hydrogens (tertiary/aromatic N) is 2. The molecule has 0 fully saturated rings. The lowest BCUT2D eigenvalue weighted by Gasteiger charge is -2.22. The highest BCUT2D eigenvalue weighted by Crippen LogP contribution is 2.16. The van der Waals surface area contributed by atoms with E-state index < -0.39 is 0 Å². The van der Waals surface area contributed by atoms with Gasteiger partial charge >= 0.3 is 0 Å². The van der Waals surface area contributed by atoms with Crippen LogP contribution in [0.5, 0.6) is 0 Å². The number of hydrogen-bond acceptors (Lipinski definition) is 3. The quantitative estimate of drug-likeness (QED) is 0.725. The first kappa shape index (κ1) is 16.7. The number of carbonyl (C=O) groups excluding carboxylic acids is 2. The second-order valence-corrected chi connectivity index (χ2v) is 5.31. The molecule has 0 radical (unpaired) electrons. The fourth-order valence-corrected chi connectivity index (χ4v) is 2.08. The number of carbonyl (C=O) groups is 2. The van der Waals surface area contributed by atoms with Crippen LogP contribution in [0.25, 0.3) is 0 Å². The summed E-state index contributed by atoms with van der Waals surface area (Å²) in [5, 5.41) is 0.452. The third-order valence-electron chi connectivity index (χ3n) is 2.94. The van der Waals surface area contributed by atoms with Crippen LogP contribution in [0.3, 0.4) is 0 Å². The highest BCUT2D eigenvalue weighted by atomic mass is 35.5. The van der Waals surface area contributed by atoms with E-state index in [1.165, 1.54) is 4.90 Å². The Balaban J connectivity index is 2.73. The zero-order chi connectivity index (χ0) is 15.1. The topological polar surface area (TPSA) is 40.6 Å². The summed E-state index contributed by atoms with van der Waals surface area (Å²) in [5.74, 6) is -0.0685. The summed E-state index contributed by atoms with van der Waals surface area (Å²) in [7, 11) is 3.42. The molecule has 0 saturated heterocycles. The van der Waals surface area contributed by atoms with Gasteiger partial charge in [-0.05, 0) is 25.1 Å². The van der Waals surface area contributed by atoms with Gasteiger partial charge in [0.15, 0.2) is 5.78 Å². The average Bonchev–Trinajstić information content (AvgIpc) is 2.39. The van der Waals surface area contributed by atoms with Gasteiger partial charge in [0.25, 0.3) is 0 Å². The molecule has 4 nitrogen and oxygen atoms in total. The smallest absolute Gasteiger partial charge is 0.236 e. The van der Waals surface area contributed by atoms with Gasteiger partial charge in [0.05, 0.1) is 18.1 Å². The van der Waals surface area contributed by atoms with E-state index >= 15 is 0 Å². The molecule has 0 aliphatic rings. The SMILES string of the molecule is CCCN(CC(=O)c1ccccc1Cl)CC(=O)N(C)C. The van der Waals surface area contributed by atoms with E-state index in [0.29, 0.717) is 17.1 Å². The molecule has 0 aromatic heterocycles. The van der Waals surface area contributed by atoms with Crippen molar-refractivity contribution in [2.75, 3.05) is 33.7 Å². The lowest BCUT2D eigenvalue weighted by molar-refractivity contribution is -0.129. The van der Waals surface area contributed by atoms with Crippen molar-refractivity contribution in [2.24, 2.45) is 0 Å². The summed E-state index contributed by atoms with van der Waals surface area (Å²) in [6, 6.07) is 6.99. The molecule has 1 aromatic carbocycles. The minimum absolute atomic E-state index is 0.00888. The second-order valence-electron chi connectivity index (χ2n) is 4.90. The number of rotatable bonds is 7. The summed E-state index contributed by atoms with van der Waals surface area (Å²) in [5.41, 5.74) is 0.507. The summed E-state index contributed by atoms with van der Waals surface area (Å²) < 4.78 is 0. The van der Waals surface area contributed by atoms with Crippen molar-refractivity contribution >= 4 is 23.3 Å². The van der Waals surface area contributed by atoms with Crippen molar-refractivity contribution in [3.63, 3.8) is 0 Å². The normalized spacial score (nSPS) is 10.7. The molecule has 110 valence electrons. The van der Waals surface area contributed by atoms with E-state index in [1.54, 1.807) is 38.4 Å². The fourth-order valence-electron chi connectivity index (χ4n) is 1.84. The molecular weight excluding hydrogens is 276 g/mol. The maximum absolute atomic E-state index is 12.3. The fraction of sp³-hybridized carbons (Fsp3) is 0.467. The van der Waals surface area contributed by atoms with Crippen molar-refractivity contribution in [1.82, 2.24) is 9.80 Å². The van der Waals surface area contributed by atoms with E-state index in [2.05, 4.69) is 0 Å². The lowest BCUT2D eigenvalue weighted by Crippen LogP contribution is -2.39. The molecule has 1 rings (SSSR count). The summed E-state index contributed by atoms with van der Waals surface area (Å²) >= 11 is 6.02. The van der Waals surface area contributed by atoms with Crippen LogP contribution in [0, 0.1) is 0 Å². The van der Waals surface area contributed by atoms with Gasteiger partial charge in [-0.15, -0.1) is 0 Å². The summed E-state index contributed by atoms with van der Waals surface area (Å²) in [6.07, 6.45) is 0.885. The molecule has 0 N–H and O–H groups in total. The van der Waals surface area contributed by atoms with E-state index in [0.717, 1.165) is 6.42 Å². The van der Waals surface area contributed by atoms with Crippen molar-refractivity contribution < 1.29 is 9.59 Å². The Labute approximate surface area is 125 Å². The van der Waals surface area contributed by atoms with Crippen molar-refractivity contribution in [2.45, 2.75) is 13.3 Å². The van der Waals surface area contributed by atoms with Crippen LogP contribution in [0.4, 0.5) is 0 Å². The molecule has 0 aliphatic carbocycles. The van der Waals surface area contributed by atoms with E-state index in [4.69, 9.17) is 11.6 Å². The Morgan fingerprint density at radius 2 is 1.80 bits per heavy atom. The van der Waals surface area contributed by atoms with Crippen LogP contribution in [0.1, 0.15) is 23.7 Å². The van der Waals surface area contributed by atoms with Crippen molar-refractivity contribution in [1.29, 1.82) is 0 Å². The minimum atomic E-state index is -0.0596. The number of benzene rings is 1. The number of amides is 1. The largest absolute Gasteiger partial charge is 0.348 e. The molecule has 0 spiro atoms. The molecule has 0 aliphatic heterocycles. The van der Waals surface area contributed by atoms with Crippen molar-refractivity contribution in [3.8, 4) is 0 Å². The molecule has 0 unspecified atom stereocenters. The molecule has 1 aromatic rings. The molecule has 1 amide bonds. The third-order valence-corrected chi connectivity index (χ3v) is 3.27. The zero-order valence-corrected chi connectivity index (χ0v) is 13.0. The Hall–Kier alpha value is -1.39. The van der Waals surface area contributed by atoms with Gasteiger partial charge in [0.1, 0.15) is 0 Å². The Kier molecular flexibility index (Phi) is 6.68. The maximum atomic E-state index is 12.3. The highest BCUT2D eigenvalue weighted by molar-refractivity contribution is 6.34. The van der Waals surface area contributed by atoms with Gasteiger partial charge in [-0.25, -0.2) is 0 Å². The van der Waals surface area contributed by atoms with Gasteiger partial charge in [-0.3, -0.25) is 14.5 Å². The maximum Gasteiger partial charge on any atom is 0.236 e. The highest BCUT2D eigenvalue weighted by Gasteiger charge is 2.17. The first-order valence-electron chi connectivity index (χ1n) is 6.66. The van der Waals surface area contributed by atoms with Gasteiger partial charge < -0.3 is 4.90 Å². The van der Waals surface area contributed by atoms with Gasteiger partial charge in [0, 0.05) is 19.7 Å². The standard InChI is InChI=1S/C15H21ClN2O2/c1-4-9-18(11-15(20)17(2)3)10-14(19)12-7-5-6-8-13(12)16/h5-8H,4,9-11H2,1-3H3. The molecule has 0 saturated carbocycles. The zero-order valence-electron chi connectivity index (χ0n) is 12.2. The molecular formula is C15H21ClN2O2. The predicted octanol–water partition coefficient (Wildman–Crippen LogP) is 2.32. The van der Waals surface area contributed by atoms with Gasteiger partial charge in [-0.1, -0.05) is 30.7 Å². The van der Waals surface area contributed by atoms with Crippen LogP contribution in [-0.4, -0.2) is 55.2 Å². The van der Waals surface area contributed by atoms with Crippen LogP contribution in [-0.2, 0) is 4.79 Å². The second kappa shape index (κ2) is 8.02. The van der Waals surface area contributed by atoms with Crippen LogP contribution in [0.15, 0.2) is 24.3 Å². The number of likely N-dealkylation sites (N-methyl/N-ethyl adjacent to an activating group) is 1. The predicted molar refractivity (Wildman–Crippen MR) is 81.2 cm³/mol. The van der Waals surface area contributed by atoms with Crippen LogP contribution < -0.4 is 0 Å². The number of halogens is 1. The molecule has 0 heterocycles.